The number of nitrogens with one attached hydrogen (secondary N) is 1. The lowest BCUT2D eigenvalue weighted by molar-refractivity contribution is 0.468. The van der Waals surface area contributed by atoms with E-state index in [0.717, 1.165) is 19.2 Å². The average Bonchev–Trinajstić information content (AvgIpc) is 2.19. The Bertz CT molecular complexity index is 264. The fourth-order valence-electron chi connectivity index (χ4n) is 1.12. The Hall–Kier alpha value is -1.44. The summed E-state index contributed by atoms with van der Waals surface area (Å²) in [5.41, 5.74) is 2.57. The first kappa shape index (κ1) is 9.65. The van der Waals surface area contributed by atoms with E-state index in [1.807, 2.05) is 0 Å². The molecule has 0 spiro atoms. The van der Waals surface area contributed by atoms with Crippen molar-refractivity contribution in [3.05, 3.63) is 47.9 Å². The number of rotatable bonds is 4. The molecule has 1 aromatic rings. The van der Waals surface area contributed by atoms with Gasteiger partial charge in [0.25, 0.3) is 0 Å². The van der Waals surface area contributed by atoms with Gasteiger partial charge < -0.3 is 10.4 Å². The average molecular weight is 177 g/mol. The monoisotopic (exact) mass is 177 g/mol. The van der Waals surface area contributed by atoms with Crippen molar-refractivity contribution in [2.75, 3.05) is 0 Å². The first-order chi connectivity index (χ1) is 6.36. The van der Waals surface area contributed by atoms with Gasteiger partial charge in [-0.25, -0.2) is 0 Å². The third-order valence-corrected chi connectivity index (χ3v) is 1.93. The van der Waals surface area contributed by atoms with Crippen LogP contribution in [0.5, 0.6) is 0 Å². The van der Waals surface area contributed by atoms with Gasteiger partial charge in [-0.2, -0.15) is 0 Å². The van der Waals surface area contributed by atoms with Crippen molar-refractivity contribution >= 4 is 0 Å². The molecule has 0 amide bonds. The second-order valence-electron chi connectivity index (χ2n) is 2.87. The molecule has 0 saturated carbocycles. The number of aliphatic hydroxyl groups is 1. The van der Waals surface area contributed by atoms with Gasteiger partial charge >= 0.3 is 0 Å². The Morgan fingerprint density at radius 2 is 1.85 bits per heavy atom. The largest absolute Gasteiger partial charge is 0.514 e. The Morgan fingerprint density at radius 3 is 2.38 bits per heavy atom. The first-order valence-corrected chi connectivity index (χ1v) is 4.47. The number of hydrogen-bond acceptors (Lipinski definition) is 2. The van der Waals surface area contributed by atoms with Crippen LogP contribution in [-0.4, -0.2) is 5.11 Å². The van der Waals surface area contributed by atoms with Crippen LogP contribution in [0.2, 0.25) is 0 Å². The van der Waals surface area contributed by atoms with Crippen LogP contribution in [0.3, 0.4) is 0 Å². The van der Waals surface area contributed by atoms with Crippen LogP contribution in [0.15, 0.2) is 36.7 Å². The smallest absolute Gasteiger partial charge is 0.0948 e. The minimum absolute atomic E-state index is 0.751. The molecule has 0 atom stereocenters. The fraction of sp³-hybridized carbons (Fsp3) is 0.273. The summed E-state index contributed by atoms with van der Waals surface area (Å²) >= 11 is 0. The number of hydrogen-bond donors (Lipinski definition) is 2. The molecule has 0 radical (unpaired) electrons. The zero-order chi connectivity index (χ0) is 9.52. The minimum Gasteiger partial charge on any atom is -0.514 e. The van der Waals surface area contributed by atoms with Crippen LogP contribution in [-0.2, 0) is 13.0 Å². The van der Waals surface area contributed by atoms with Crippen molar-refractivity contribution in [2.45, 2.75) is 19.9 Å². The second-order valence-corrected chi connectivity index (χ2v) is 2.87. The zero-order valence-corrected chi connectivity index (χ0v) is 7.83. The maximum absolute atomic E-state index is 8.38. The van der Waals surface area contributed by atoms with Gasteiger partial charge in [-0.1, -0.05) is 31.2 Å². The molecule has 0 aromatic heterocycles. The third-order valence-electron chi connectivity index (χ3n) is 1.93. The lowest BCUT2D eigenvalue weighted by Gasteiger charge is -2.02. The Morgan fingerprint density at radius 1 is 1.23 bits per heavy atom. The molecule has 1 aromatic carbocycles. The summed E-state index contributed by atoms with van der Waals surface area (Å²) in [6.07, 6.45) is 3.60. The van der Waals surface area contributed by atoms with Gasteiger partial charge in [0.15, 0.2) is 0 Å². The van der Waals surface area contributed by atoms with Gasteiger partial charge in [0, 0.05) is 12.7 Å². The normalized spacial score (nSPS) is 10.5. The molecule has 13 heavy (non-hydrogen) atoms. The van der Waals surface area contributed by atoms with Gasteiger partial charge in [0.05, 0.1) is 6.26 Å². The molecule has 0 unspecified atom stereocenters. The molecule has 0 aliphatic carbocycles. The van der Waals surface area contributed by atoms with E-state index in [1.165, 1.54) is 17.3 Å². The van der Waals surface area contributed by atoms with Crippen LogP contribution in [0, 0.1) is 0 Å². The first-order valence-electron chi connectivity index (χ1n) is 4.47. The van der Waals surface area contributed by atoms with Gasteiger partial charge in [-0.15, -0.1) is 0 Å². The topological polar surface area (TPSA) is 32.3 Å². The van der Waals surface area contributed by atoms with E-state index < -0.39 is 0 Å². The summed E-state index contributed by atoms with van der Waals surface area (Å²) in [6.45, 7) is 2.89. The molecule has 2 heteroatoms. The van der Waals surface area contributed by atoms with E-state index in [9.17, 15) is 0 Å². The maximum Gasteiger partial charge on any atom is 0.0948 e. The summed E-state index contributed by atoms with van der Waals surface area (Å²) in [5.74, 6) is 0. The number of aliphatic hydroxyl groups excluding tert-OH is 1. The van der Waals surface area contributed by atoms with Crippen molar-refractivity contribution in [3.63, 3.8) is 0 Å². The lowest BCUT2D eigenvalue weighted by Crippen LogP contribution is -2.03. The second kappa shape index (κ2) is 5.25. The molecule has 0 fully saturated rings. The standard InChI is InChI=1S/C11H15NO/c1-2-10-3-5-11(6-4-10)9-12-7-8-13/h3-8,12-13H,2,9H2,1H3. The van der Waals surface area contributed by atoms with E-state index in [1.54, 1.807) is 0 Å². The molecule has 0 aliphatic heterocycles. The van der Waals surface area contributed by atoms with Crippen LogP contribution in [0.1, 0.15) is 18.1 Å². The van der Waals surface area contributed by atoms with Crippen molar-refractivity contribution in [3.8, 4) is 0 Å². The molecular formula is C11H15NO. The highest BCUT2D eigenvalue weighted by Crippen LogP contribution is 2.04. The SMILES string of the molecule is CCc1ccc(CNC=CO)cc1. The van der Waals surface area contributed by atoms with Gasteiger partial charge in [0.2, 0.25) is 0 Å². The quantitative estimate of drug-likeness (QED) is 0.692. The highest BCUT2D eigenvalue weighted by atomic mass is 16.2. The van der Waals surface area contributed by atoms with E-state index in [-0.39, 0.29) is 0 Å². The molecule has 0 aliphatic rings. The van der Waals surface area contributed by atoms with Crippen molar-refractivity contribution in [1.29, 1.82) is 0 Å². The van der Waals surface area contributed by atoms with E-state index in [2.05, 4.69) is 36.5 Å². The Labute approximate surface area is 78.9 Å². The highest BCUT2D eigenvalue weighted by molar-refractivity contribution is 5.22. The van der Waals surface area contributed by atoms with Crippen molar-refractivity contribution < 1.29 is 5.11 Å². The molecule has 2 nitrogen and oxygen atoms in total. The van der Waals surface area contributed by atoms with E-state index in [4.69, 9.17) is 5.11 Å². The molecule has 70 valence electrons. The van der Waals surface area contributed by atoms with Gasteiger partial charge in [-0.05, 0) is 17.5 Å². The summed E-state index contributed by atoms with van der Waals surface area (Å²) in [7, 11) is 0. The molecule has 1 rings (SSSR count). The maximum atomic E-state index is 8.38. The van der Waals surface area contributed by atoms with Crippen molar-refractivity contribution in [2.24, 2.45) is 0 Å². The number of aryl methyl sites for hydroxylation is 1. The van der Waals surface area contributed by atoms with Crippen LogP contribution < -0.4 is 5.32 Å². The van der Waals surface area contributed by atoms with E-state index >= 15 is 0 Å². The predicted molar refractivity (Wildman–Crippen MR) is 54.4 cm³/mol. The molecule has 0 saturated heterocycles. The van der Waals surface area contributed by atoms with Crippen LogP contribution in [0.4, 0.5) is 0 Å². The Balaban J connectivity index is 2.49. The molecule has 0 bridgehead atoms. The van der Waals surface area contributed by atoms with Crippen molar-refractivity contribution in [1.82, 2.24) is 5.32 Å². The van der Waals surface area contributed by atoms with E-state index in [0.29, 0.717) is 0 Å². The molecule has 0 heterocycles. The fourth-order valence-corrected chi connectivity index (χ4v) is 1.12. The lowest BCUT2D eigenvalue weighted by atomic mass is 10.1. The van der Waals surface area contributed by atoms with Crippen LogP contribution in [0.25, 0.3) is 0 Å². The summed E-state index contributed by atoms with van der Waals surface area (Å²) < 4.78 is 0. The summed E-state index contributed by atoms with van der Waals surface area (Å²) in [6, 6.07) is 8.44. The Kier molecular flexibility index (Phi) is 3.89. The summed E-state index contributed by atoms with van der Waals surface area (Å²) in [5, 5.41) is 11.3. The molecular weight excluding hydrogens is 162 g/mol. The predicted octanol–water partition coefficient (Wildman–Crippen LogP) is 2.37. The molecule has 2 N–H and O–H groups in total. The number of benzene rings is 1. The summed E-state index contributed by atoms with van der Waals surface area (Å²) in [4.78, 5) is 0. The minimum atomic E-state index is 0.751. The van der Waals surface area contributed by atoms with Crippen LogP contribution >= 0.6 is 0 Å². The highest BCUT2D eigenvalue weighted by Gasteiger charge is 1.90. The van der Waals surface area contributed by atoms with Gasteiger partial charge in [0.1, 0.15) is 0 Å². The third kappa shape index (κ3) is 3.20. The van der Waals surface area contributed by atoms with Gasteiger partial charge in [-0.3, -0.25) is 0 Å². The zero-order valence-electron chi connectivity index (χ0n) is 7.83.